The molecule has 4 nitrogen and oxygen atoms in total. The molecule has 2 aromatic rings. The summed E-state index contributed by atoms with van der Waals surface area (Å²) in [5.41, 5.74) is 1.42. The summed E-state index contributed by atoms with van der Waals surface area (Å²) < 4.78 is 11.9. The van der Waals surface area contributed by atoms with Crippen LogP contribution in [0.1, 0.15) is 24.9 Å². The van der Waals surface area contributed by atoms with Gasteiger partial charge in [-0.25, -0.2) is 0 Å². The first-order valence-corrected chi connectivity index (χ1v) is 8.53. The standard InChI is InChI=1S/C18H17ClN2O2S/c1-18-10-14(13-4-3-5-15(22-2)16(13)23-18)20-17(24)21(18)12-8-6-11(19)7-9-12/h3-9,14H,10H2,1-2H3,(H,20,24)/t14-,18-/m0/s1. The van der Waals surface area contributed by atoms with Crippen LogP contribution in [-0.2, 0) is 0 Å². The number of anilines is 1. The Morgan fingerprint density at radius 3 is 2.75 bits per heavy atom. The van der Waals surface area contributed by atoms with Crippen LogP contribution in [0, 0.1) is 0 Å². The van der Waals surface area contributed by atoms with Crippen molar-refractivity contribution in [2.24, 2.45) is 0 Å². The number of benzene rings is 2. The molecule has 2 bridgehead atoms. The largest absolute Gasteiger partial charge is 0.493 e. The van der Waals surface area contributed by atoms with Gasteiger partial charge >= 0.3 is 0 Å². The highest BCUT2D eigenvalue weighted by atomic mass is 35.5. The predicted molar refractivity (Wildman–Crippen MR) is 99.0 cm³/mol. The van der Waals surface area contributed by atoms with Gasteiger partial charge in [0.05, 0.1) is 13.2 Å². The summed E-state index contributed by atoms with van der Waals surface area (Å²) in [6.45, 7) is 2.05. The molecule has 0 unspecified atom stereocenters. The summed E-state index contributed by atoms with van der Waals surface area (Å²) in [5.74, 6) is 1.50. The second kappa shape index (κ2) is 5.53. The maximum Gasteiger partial charge on any atom is 0.188 e. The third-order valence-corrected chi connectivity index (χ3v) is 5.12. The fraction of sp³-hybridized carbons (Fsp3) is 0.278. The fourth-order valence-corrected chi connectivity index (χ4v) is 4.07. The molecule has 0 spiro atoms. The number of methoxy groups -OCH3 is 1. The van der Waals surface area contributed by atoms with Crippen LogP contribution in [0.3, 0.4) is 0 Å². The highest BCUT2D eigenvalue weighted by Crippen LogP contribution is 2.49. The van der Waals surface area contributed by atoms with E-state index in [4.69, 9.17) is 33.3 Å². The van der Waals surface area contributed by atoms with Crippen molar-refractivity contribution >= 4 is 34.6 Å². The van der Waals surface area contributed by atoms with Gasteiger partial charge < -0.3 is 14.8 Å². The molecule has 6 heteroatoms. The highest BCUT2D eigenvalue weighted by molar-refractivity contribution is 7.80. The normalized spacial score (nSPS) is 24.7. The van der Waals surface area contributed by atoms with Gasteiger partial charge in [0.1, 0.15) is 0 Å². The summed E-state index contributed by atoms with van der Waals surface area (Å²) in [7, 11) is 1.65. The van der Waals surface area contributed by atoms with E-state index in [0.29, 0.717) is 10.1 Å². The highest BCUT2D eigenvalue weighted by Gasteiger charge is 2.49. The Hall–Kier alpha value is -1.98. The summed E-state index contributed by atoms with van der Waals surface area (Å²) in [4.78, 5) is 2.00. The molecule has 0 aliphatic carbocycles. The van der Waals surface area contributed by atoms with Crippen molar-refractivity contribution < 1.29 is 9.47 Å². The van der Waals surface area contributed by atoms with Crippen molar-refractivity contribution in [3.05, 3.63) is 53.1 Å². The van der Waals surface area contributed by atoms with E-state index < -0.39 is 5.72 Å². The monoisotopic (exact) mass is 360 g/mol. The van der Waals surface area contributed by atoms with Crippen LogP contribution >= 0.6 is 23.8 Å². The Morgan fingerprint density at radius 1 is 1.29 bits per heavy atom. The Labute approximate surface area is 151 Å². The Kier molecular flexibility index (Phi) is 3.58. The van der Waals surface area contributed by atoms with E-state index in [2.05, 4.69) is 18.3 Å². The SMILES string of the molecule is COc1cccc2c1O[C@@]1(C)C[C@@H]2NC(=S)N1c1ccc(Cl)cc1. The van der Waals surface area contributed by atoms with Gasteiger partial charge in [0.15, 0.2) is 22.3 Å². The quantitative estimate of drug-likeness (QED) is 0.808. The molecular formula is C18H17ClN2O2S. The van der Waals surface area contributed by atoms with Crippen LogP contribution < -0.4 is 19.7 Å². The molecule has 2 aliphatic heterocycles. The number of nitrogens with one attached hydrogen (secondary N) is 1. The van der Waals surface area contributed by atoms with Gasteiger partial charge in [-0.1, -0.05) is 23.7 Å². The van der Waals surface area contributed by atoms with E-state index in [9.17, 15) is 0 Å². The van der Waals surface area contributed by atoms with Crippen LogP contribution in [0.25, 0.3) is 0 Å². The molecule has 2 aromatic carbocycles. The molecule has 0 amide bonds. The van der Waals surface area contributed by atoms with Gasteiger partial charge in [0, 0.05) is 22.7 Å². The smallest absolute Gasteiger partial charge is 0.188 e. The fourth-order valence-electron chi connectivity index (χ4n) is 3.50. The zero-order valence-corrected chi connectivity index (χ0v) is 14.9. The molecule has 0 saturated carbocycles. The van der Waals surface area contributed by atoms with Crippen molar-refractivity contribution in [1.82, 2.24) is 5.32 Å². The summed E-state index contributed by atoms with van der Waals surface area (Å²) >= 11 is 11.6. The lowest BCUT2D eigenvalue weighted by atomic mass is 9.90. The summed E-state index contributed by atoms with van der Waals surface area (Å²) in [6, 6.07) is 13.6. The van der Waals surface area contributed by atoms with Crippen molar-refractivity contribution in [2.75, 3.05) is 12.0 Å². The van der Waals surface area contributed by atoms with Crippen LogP contribution in [0.4, 0.5) is 5.69 Å². The summed E-state index contributed by atoms with van der Waals surface area (Å²) in [6.07, 6.45) is 0.774. The first-order valence-electron chi connectivity index (χ1n) is 7.74. The van der Waals surface area contributed by atoms with Gasteiger partial charge in [-0.15, -0.1) is 0 Å². The van der Waals surface area contributed by atoms with Gasteiger partial charge in [-0.3, -0.25) is 4.90 Å². The predicted octanol–water partition coefficient (Wildman–Crippen LogP) is 4.28. The number of thiocarbonyl (C=S) groups is 1. The van der Waals surface area contributed by atoms with E-state index in [-0.39, 0.29) is 6.04 Å². The first-order chi connectivity index (χ1) is 11.5. The lowest BCUT2D eigenvalue weighted by Gasteiger charge is -2.52. The minimum absolute atomic E-state index is 0.102. The molecule has 2 aliphatic rings. The topological polar surface area (TPSA) is 33.7 Å². The molecule has 4 rings (SSSR count). The van der Waals surface area contributed by atoms with E-state index in [1.807, 2.05) is 41.3 Å². The van der Waals surface area contributed by atoms with E-state index in [1.165, 1.54) is 0 Å². The van der Waals surface area contributed by atoms with Crippen molar-refractivity contribution in [3.63, 3.8) is 0 Å². The third kappa shape index (κ3) is 2.31. The van der Waals surface area contributed by atoms with Gasteiger partial charge in [0.25, 0.3) is 0 Å². The molecule has 2 atom stereocenters. The zero-order valence-electron chi connectivity index (χ0n) is 13.4. The maximum atomic E-state index is 6.42. The number of para-hydroxylation sites is 1. The second-order valence-corrected chi connectivity index (χ2v) is 7.00. The Balaban J connectivity index is 1.81. The van der Waals surface area contributed by atoms with E-state index >= 15 is 0 Å². The van der Waals surface area contributed by atoms with Crippen LogP contribution in [-0.4, -0.2) is 17.9 Å². The van der Waals surface area contributed by atoms with Gasteiger partial charge in [-0.2, -0.15) is 0 Å². The number of rotatable bonds is 2. The molecule has 2 heterocycles. The number of hydrogen-bond acceptors (Lipinski definition) is 3. The summed E-state index contributed by atoms with van der Waals surface area (Å²) in [5, 5.41) is 4.76. The number of halogens is 1. The molecule has 0 radical (unpaired) electrons. The first kappa shape index (κ1) is 15.5. The number of fused-ring (bicyclic) bond motifs is 4. The molecule has 0 aromatic heterocycles. The van der Waals surface area contributed by atoms with Gasteiger partial charge in [0.2, 0.25) is 0 Å². The van der Waals surface area contributed by atoms with Crippen molar-refractivity contribution in [3.8, 4) is 11.5 Å². The number of ether oxygens (including phenoxy) is 2. The van der Waals surface area contributed by atoms with Crippen LogP contribution in [0.2, 0.25) is 5.02 Å². The Morgan fingerprint density at radius 2 is 2.04 bits per heavy atom. The molecule has 124 valence electrons. The van der Waals surface area contributed by atoms with E-state index in [0.717, 1.165) is 29.2 Å². The average molecular weight is 361 g/mol. The van der Waals surface area contributed by atoms with Crippen molar-refractivity contribution in [2.45, 2.75) is 25.1 Å². The molecule has 1 fully saturated rings. The lowest BCUT2D eigenvalue weighted by molar-refractivity contribution is 0.0464. The molecule has 24 heavy (non-hydrogen) atoms. The minimum atomic E-state index is -0.595. The number of hydrogen-bond donors (Lipinski definition) is 1. The average Bonchev–Trinajstić information content (AvgIpc) is 2.55. The van der Waals surface area contributed by atoms with Gasteiger partial charge in [-0.05, 0) is 49.5 Å². The molecule has 1 saturated heterocycles. The lowest BCUT2D eigenvalue weighted by Crippen LogP contribution is -2.65. The number of nitrogens with zero attached hydrogens (tertiary/aromatic N) is 1. The van der Waals surface area contributed by atoms with Crippen LogP contribution in [0.15, 0.2) is 42.5 Å². The van der Waals surface area contributed by atoms with Crippen LogP contribution in [0.5, 0.6) is 11.5 Å². The third-order valence-electron chi connectivity index (χ3n) is 4.57. The molecule has 1 N–H and O–H groups in total. The Bertz CT molecular complexity index is 811. The van der Waals surface area contributed by atoms with E-state index in [1.54, 1.807) is 7.11 Å². The maximum absolute atomic E-state index is 6.42. The zero-order chi connectivity index (χ0) is 16.9. The minimum Gasteiger partial charge on any atom is -0.493 e. The molecular weight excluding hydrogens is 344 g/mol. The van der Waals surface area contributed by atoms with Crippen molar-refractivity contribution in [1.29, 1.82) is 0 Å². The second-order valence-electron chi connectivity index (χ2n) is 6.17.